The van der Waals surface area contributed by atoms with Crippen molar-refractivity contribution < 1.29 is 9.90 Å². The maximum absolute atomic E-state index is 12.3. The highest BCUT2D eigenvalue weighted by Gasteiger charge is 2.21. The molecule has 1 saturated heterocycles. The summed E-state index contributed by atoms with van der Waals surface area (Å²) in [6.45, 7) is 7.35. The first-order chi connectivity index (χ1) is 9.58. The van der Waals surface area contributed by atoms with Crippen molar-refractivity contribution in [2.24, 2.45) is 5.92 Å². The largest absolute Gasteiger partial charge is 0.508 e. The highest BCUT2D eigenvalue weighted by molar-refractivity contribution is 5.78. The summed E-state index contributed by atoms with van der Waals surface area (Å²) in [6, 6.07) is 5.66. The molecule has 1 unspecified atom stereocenters. The molecule has 0 aliphatic carbocycles. The summed E-state index contributed by atoms with van der Waals surface area (Å²) in [5.41, 5.74) is 2.07. The van der Waals surface area contributed by atoms with Crippen molar-refractivity contribution in [3.63, 3.8) is 0 Å². The van der Waals surface area contributed by atoms with E-state index in [1.165, 1.54) is 5.56 Å². The normalized spacial score (nSPS) is 17.0. The standard InChI is InChI=1S/C16H24N2O2/c1-12(16(20)18-9-7-17-8-10-18)3-4-14-5-6-15(19)13(2)11-14/h5-6,11-12,17,19H,3-4,7-10H2,1-2H3. The molecule has 1 aromatic rings. The number of phenols is 1. The number of amides is 1. The maximum Gasteiger partial charge on any atom is 0.225 e. The Balaban J connectivity index is 1.85. The zero-order valence-corrected chi connectivity index (χ0v) is 12.4. The molecule has 1 aromatic carbocycles. The van der Waals surface area contributed by atoms with E-state index in [9.17, 15) is 9.90 Å². The second-order valence-electron chi connectivity index (χ2n) is 5.64. The van der Waals surface area contributed by atoms with Crippen LogP contribution in [-0.4, -0.2) is 42.1 Å². The number of phenolic OH excluding ortho intramolecular Hbond substituents is 1. The van der Waals surface area contributed by atoms with E-state index in [1.807, 2.05) is 30.9 Å². The van der Waals surface area contributed by atoms with Crippen LogP contribution in [0.2, 0.25) is 0 Å². The van der Waals surface area contributed by atoms with Crippen LogP contribution in [0.25, 0.3) is 0 Å². The Bertz CT molecular complexity index is 468. The van der Waals surface area contributed by atoms with Gasteiger partial charge in [-0.05, 0) is 37.0 Å². The third-order valence-electron chi connectivity index (χ3n) is 3.98. The van der Waals surface area contributed by atoms with Crippen molar-refractivity contribution in [3.05, 3.63) is 29.3 Å². The number of piperazine rings is 1. The lowest BCUT2D eigenvalue weighted by atomic mass is 9.98. The minimum absolute atomic E-state index is 0.0576. The van der Waals surface area contributed by atoms with E-state index in [4.69, 9.17) is 0 Å². The van der Waals surface area contributed by atoms with Gasteiger partial charge in [0.15, 0.2) is 0 Å². The van der Waals surface area contributed by atoms with E-state index >= 15 is 0 Å². The predicted molar refractivity (Wildman–Crippen MR) is 79.8 cm³/mol. The van der Waals surface area contributed by atoms with Crippen molar-refractivity contribution in [1.82, 2.24) is 10.2 Å². The number of aryl methyl sites for hydroxylation is 2. The smallest absolute Gasteiger partial charge is 0.225 e. The van der Waals surface area contributed by atoms with E-state index in [0.717, 1.165) is 44.6 Å². The summed E-state index contributed by atoms with van der Waals surface area (Å²) < 4.78 is 0. The second-order valence-corrected chi connectivity index (χ2v) is 5.64. The summed E-state index contributed by atoms with van der Waals surface area (Å²) in [5.74, 6) is 0.655. The second kappa shape index (κ2) is 6.75. The molecule has 1 aliphatic rings. The van der Waals surface area contributed by atoms with Crippen LogP contribution < -0.4 is 5.32 Å². The molecule has 110 valence electrons. The summed E-state index contributed by atoms with van der Waals surface area (Å²) in [6.07, 6.45) is 1.73. The van der Waals surface area contributed by atoms with E-state index in [0.29, 0.717) is 5.75 Å². The summed E-state index contributed by atoms with van der Waals surface area (Å²) in [7, 11) is 0. The molecule has 20 heavy (non-hydrogen) atoms. The topological polar surface area (TPSA) is 52.6 Å². The number of hydrogen-bond acceptors (Lipinski definition) is 3. The molecule has 0 spiro atoms. The molecule has 0 radical (unpaired) electrons. The van der Waals surface area contributed by atoms with Gasteiger partial charge in [0.2, 0.25) is 5.91 Å². The van der Waals surface area contributed by atoms with Crippen LogP contribution in [-0.2, 0) is 11.2 Å². The molecule has 1 amide bonds. The van der Waals surface area contributed by atoms with Crippen molar-refractivity contribution in [2.45, 2.75) is 26.7 Å². The SMILES string of the molecule is Cc1cc(CCC(C)C(=O)N2CCNCC2)ccc1O. The van der Waals surface area contributed by atoms with Crippen LogP contribution in [0.1, 0.15) is 24.5 Å². The van der Waals surface area contributed by atoms with Crippen LogP contribution in [0.3, 0.4) is 0 Å². The van der Waals surface area contributed by atoms with Gasteiger partial charge in [-0.1, -0.05) is 19.1 Å². The zero-order valence-electron chi connectivity index (χ0n) is 12.4. The molecular formula is C16H24N2O2. The van der Waals surface area contributed by atoms with Gasteiger partial charge in [0.25, 0.3) is 0 Å². The minimum atomic E-state index is 0.0576. The minimum Gasteiger partial charge on any atom is -0.508 e. The van der Waals surface area contributed by atoms with Crippen molar-refractivity contribution in [3.8, 4) is 5.75 Å². The van der Waals surface area contributed by atoms with Crippen LogP contribution in [0.5, 0.6) is 5.75 Å². The highest BCUT2D eigenvalue weighted by atomic mass is 16.3. The van der Waals surface area contributed by atoms with E-state index in [-0.39, 0.29) is 11.8 Å². The first-order valence-corrected chi connectivity index (χ1v) is 7.36. The first-order valence-electron chi connectivity index (χ1n) is 7.36. The molecule has 0 bridgehead atoms. The molecule has 1 atom stereocenters. The van der Waals surface area contributed by atoms with E-state index in [1.54, 1.807) is 6.07 Å². The number of hydrogen-bond donors (Lipinski definition) is 2. The fraction of sp³-hybridized carbons (Fsp3) is 0.562. The number of aromatic hydroxyl groups is 1. The summed E-state index contributed by atoms with van der Waals surface area (Å²) in [5, 5.41) is 12.8. The molecule has 1 aliphatic heterocycles. The monoisotopic (exact) mass is 276 g/mol. The molecule has 0 aromatic heterocycles. The fourth-order valence-corrected chi connectivity index (χ4v) is 2.58. The number of rotatable bonds is 4. The van der Waals surface area contributed by atoms with Crippen molar-refractivity contribution in [2.75, 3.05) is 26.2 Å². The van der Waals surface area contributed by atoms with E-state index < -0.39 is 0 Å². The highest BCUT2D eigenvalue weighted by Crippen LogP contribution is 2.19. The first kappa shape index (κ1) is 14.9. The summed E-state index contributed by atoms with van der Waals surface area (Å²) >= 11 is 0. The molecule has 4 heteroatoms. The zero-order chi connectivity index (χ0) is 14.5. The number of benzene rings is 1. The number of nitrogens with zero attached hydrogens (tertiary/aromatic N) is 1. The van der Waals surface area contributed by atoms with Crippen molar-refractivity contribution in [1.29, 1.82) is 0 Å². The number of nitrogens with one attached hydrogen (secondary N) is 1. The van der Waals surface area contributed by atoms with Gasteiger partial charge in [0.1, 0.15) is 5.75 Å². The lowest BCUT2D eigenvalue weighted by Crippen LogP contribution is -2.48. The molecule has 1 fully saturated rings. The van der Waals surface area contributed by atoms with Gasteiger partial charge in [-0.15, -0.1) is 0 Å². The van der Waals surface area contributed by atoms with Crippen molar-refractivity contribution >= 4 is 5.91 Å². The van der Waals surface area contributed by atoms with E-state index in [2.05, 4.69) is 5.32 Å². The van der Waals surface area contributed by atoms with Gasteiger partial charge in [0, 0.05) is 32.1 Å². The van der Waals surface area contributed by atoms with Gasteiger partial charge in [0.05, 0.1) is 0 Å². The lowest BCUT2D eigenvalue weighted by Gasteiger charge is -2.29. The van der Waals surface area contributed by atoms with Crippen LogP contribution in [0.4, 0.5) is 0 Å². The lowest BCUT2D eigenvalue weighted by molar-refractivity contribution is -0.135. The molecular weight excluding hydrogens is 252 g/mol. The Labute approximate surface area is 120 Å². The van der Waals surface area contributed by atoms with Gasteiger partial charge >= 0.3 is 0 Å². The Morgan fingerprint density at radius 1 is 1.40 bits per heavy atom. The third kappa shape index (κ3) is 3.73. The van der Waals surface area contributed by atoms with Gasteiger partial charge < -0.3 is 15.3 Å². The van der Waals surface area contributed by atoms with Crippen LogP contribution in [0.15, 0.2) is 18.2 Å². The van der Waals surface area contributed by atoms with Gasteiger partial charge in [-0.25, -0.2) is 0 Å². The maximum atomic E-state index is 12.3. The molecule has 1 heterocycles. The Morgan fingerprint density at radius 2 is 2.10 bits per heavy atom. The number of carbonyl (C=O) groups excluding carboxylic acids is 1. The number of carbonyl (C=O) groups is 1. The molecule has 4 nitrogen and oxygen atoms in total. The quantitative estimate of drug-likeness (QED) is 0.880. The molecule has 0 saturated carbocycles. The van der Waals surface area contributed by atoms with Crippen LogP contribution in [0, 0.1) is 12.8 Å². The van der Waals surface area contributed by atoms with Gasteiger partial charge in [-0.2, -0.15) is 0 Å². The average Bonchev–Trinajstić information content (AvgIpc) is 2.48. The third-order valence-corrected chi connectivity index (χ3v) is 3.98. The predicted octanol–water partition coefficient (Wildman–Crippen LogP) is 1.70. The summed E-state index contributed by atoms with van der Waals surface area (Å²) in [4.78, 5) is 14.3. The van der Waals surface area contributed by atoms with Gasteiger partial charge in [-0.3, -0.25) is 4.79 Å². The molecule has 2 rings (SSSR count). The average molecular weight is 276 g/mol. The fourth-order valence-electron chi connectivity index (χ4n) is 2.58. The molecule has 2 N–H and O–H groups in total. The van der Waals surface area contributed by atoms with Crippen LogP contribution >= 0.6 is 0 Å². The Hall–Kier alpha value is -1.55. The Morgan fingerprint density at radius 3 is 2.75 bits per heavy atom. The Kier molecular flexibility index (Phi) is 5.01.